The van der Waals surface area contributed by atoms with Crippen molar-refractivity contribution < 1.29 is 13.9 Å². The van der Waals surface area contributed by atoms with Crippen LogP contribution in [-0.4, -0.2) is 32.8 Å². The van der Waals surface area contributed by atoms with E-state index in [4.69, 9.17) is 20.8 Å². The number of benzene rings is 1. The van der Waals surface area contributed by atoms with Gasteiger partial charge in [0.1, 0.15) is 5.75 Å². The Morgan fingerprint density at radius 2 is 2.26 bits per heavy atom. The number of carbonyl (C=O) groups is 1. The number of hydrazone groups is 1. The largest absolute Gasteiger partial charge is 0.484 e. The number of hydrogen-bond acceptors (Lipinski definition) is 5. The minimum absolute atomic E-state index is 0.164. The summed E-state index contributed by atoms with van der Waals surface area (Å²) in [5.41, 5.74) is 2.36. The van der Waals surface area contributed by atoms with E-state index in [0.717, 1.165) is 4.47 Å². The van der Waals surface area contributed by atoms with E-state index in [9.17, 15) is 4.79 Å². The van der Waals surface area contributed by atoms with Gasteiger partial charge in [-0.15, -0.1) is 0 Å². The quantitative estimate of drug-likeness (QED) is 0.597. The van der Waals surface area contributed by atoms with Crippen LogP contribution in [-0.2, 0) is 4.79 Å². The summed E-state index contributed by atoms with van der Waals surface area (Å²) < 4.78 is 11.6. The van der Waals surface area contributed by atoms with Crippen LogP contribution in [0.4, 0.5) is 5.88 Å². The fourth-order valence-electron chi connectivity index (χ4n) is 1.65. The third-order valence-electron chi connectivity index (χ3n) is 2.64. The van der Waals surface area contributed by atoms with E-state index in [1.54, 1.807) is 30.3 Å². The molecule has 23 heavy (non-hydrogen) atoms. The smallest absolute Gasteiger partial charge is 0.277 e. The lowest BCUT2D eigenvalue weighted by atomic mass is 10.3. The van der Waals surface area contributed by atoms with Crippen LogP contribution in [0, 0.1) is 0 Å². The predicted molar refractivity (Wildman–Crippen MR) is 93.4 cm³/mol. The zero-order valence-electron chi connectivity index (χ0n) is 12.5. The maximum absolute atomic E-state index is 11.6. The third kappa shape index (κ3) is 5.30. The first-order valence-electron chi connectivity index (χ1n) is 6.62. The monoisotopic (exact) mass is 399 g/mol. The maximum Gasteiger partial charge on any atom is 0.277 e. The molecule has 122 valence electrons. The van der Waals surface area contributed by atoms with Gasteiger partial charge in [0.25, 0.3) is 5.91 Å². The Bertz CT molecular complexity index is 716. The number of amides is 1. The van der Waals surface area contributed by atoms with Gasteiger partial charge in [-0.05, 0) is 34.1 Å². The lowest BCUT2D eigenvalue weighted by molar-refractivity contribution is -0.123. The second kappa shape index (κ2) is 8.03. The molecular formula is C15H15BrClN3O3. The highest BCUT2D eigenvalue weighted by molar-refractivity contribution is 9.10. The Morgan fingerprint density at radius 3 is 2.91 bits per heavy atom. The lowest BCUT2D eigenvalue weighted by Crippen LogP contribution is -2.24. The van der Waals surface area contributed by atoms with E-state index >= 15 is 0 Å². The topological polar surface area (TPSA) is 67.1 Å². The minimum atomic E-state index is -0.389. The fraction of sp³-hybridized carbons (Fsp3) is 0.200. The number of nitrogens with zero attached hydrogens (tertiary/aromatic N) is 2. The van der Waals surface area contributed by atoms with Crippen LogP contribution < -0.4 is 15.1 Å². The second-order valence-corrected chi connectivity index (χ2v) is 6.03. The van der Waals surface area contributed by atoms with Crippen molar-refractivity contribution in [1.29, 1.82) is 0 Å². The summed E-state index contributed by atoms with van der Waals surface area (Å²) in [5.74, 6) is 1.31. The van der Waals surface area contributed by atoms with E-state index in [1.807, 2.05) is 19.0 Å². The van der Waals surface area contributed by atoms with Crippen molar-refractivity contribution in [2.24, 2.45) is 5.10 Å². The molecule has 0 aliphatic heterocycles. The van der Waals surface area contributed by atoms with Crippen LogP contribution in [0.15, 0.2) is 44.3 Å². The zero-order valence-corrected chi connectivity index (χ0v) is 14.9. The molecule has 1 aromatic carbocycles. The highest BCUT2D eigenvalue weighted by atomic mass is 79.9. The molecule has 2 aromatic rings. The van der Waals surface area contributed by atoms with Gasteiger partial charge in [-0.2, -0.15) is 5.10 Å². The van der Waals surface area contributed by atoms with Gasteiger partial charge in [0, 0.05) is 25.2 Å². The van der Waals surface area contributed by atoms with E-state index < -0.39 is 0 Å². The average molecular weight is 401 g/mol. The highest BCUT2D eigenvalue weighted by Gasteiger charge is 2.09. The van der Waals surface area contributed by atoms with Crippen molar-refractivity contribution in [3.63, 3.8) is 0 Å². The number of furan rings is 1. The molecule has 0 radical (unpaired) electrons. The van der Waals surface area contributed by atoms with Crippen molar-refractivity contribution in [2.45, 2.75) is 0 Å². The van der Waals surface area contributed by atoms with Gasteiger partial charge in [-0.25, -0.2) is 5.43 Å². The molecule has 0 bridgehead atoms. The molecule has 0 aliphatic rings. The Labute approximate surface area is 147 Å². The molecule has 0 spiro atoms. The Morgan fingerprint density at radius 1 is 1.48 bits per heavy atom. The number of halogens is 2. The van der Waals surface area contributed by atoms with Crippen LogP contribution in [0.5, 0.6) is 5.75 Å². The molecule has 0 saturated heterocycles. The van der Waals surface area contributed by atoms with Crippen LogP contribution >= 0.6 is 27.5 Å². The van der Waals surface area contributed by atoms with Crippen LogP contribution in [0.25, 0.3) is 0 Å². The van der Waals surface area contributed by atoms with E-state index in [2.05, 4.69) is 26.5 Å². The summed E-state index contributed by atoms with van der Waals surface area (Å²) in [6.07, 6.45) is 1.41. The van der Waals surface area contributed by atoms with E-state index in [-0.39, 0.29) is 12.5 Å². The maximum atomic E-state index is 11.6. The Kier molecular flexibility index (Phi) is 6.06. The number of carbonyl (C=O) groups excluding carboxylic acids is 1. The second-order valence-electron chi connectivity index (χ2n) is 4.74. The van der Waals surface area contributed by atoms with Gasteiger partial charge in [-0.1, -0.05) is 17.7 Å². The molecule has 2 rings (SSSR count). The Balaban J connectivity index is 1.83. The molecule has 0 aliphatic carbocycles. The first kappa shape index (κ1) is 17.4. The summed E-state index contributed by atoms with van der Waals surface area (Å²) in [7, 11) is 3.72. The first-order valence-corrected chi connectivity index (χ1v) is 7.79. The average Bonchev–Trinajstić information content (AvgIpc) is 2.86. The van der Waals surface area contributed by atoms with Gasteiger partial charge >= 0.3 is 0 Å². The van der Waals surface area contributed by atoms with Crippen LogP contribution in [0.2, 0.25) is 5.02 Å². The molecule has 0 fully saturated rings. The molecule has 0 unspecified atom stereocenters. The molecule has 1 N–H and O–H groups in total. The standard InChI is InChI=1S/C15H15BrClN3O3/c1-20(2)15-13(16)7-12(23-15)8-18-19-14(21)9-22-11-5-3-4-10(17)6-11/h3-8H,9H2,1-2H3,(H,19,21). The summed E-state index contributed by atoms with van der Waals surface area (Å²) in [6, 6.07) is 8.56. The zero-order chi connectivity index (χ0) is 16.8. The number of hydrogen-bond donors (Lipinski definition) is 1. The summed E-state index contributed by atoms with van der Waals surface area (Å²) in [4.78, 5) is 13.5. The molecule has 1 aromatic heterocycles. The van der Waals surface area contributed by atoms with Gasteiger partial charge in [0.2, 0.25) is 5.88 Å². The van der Waals surface area contributed by atoms with Crippen LogP contribution in [0.1, 0.15) is 5.76 Å². The molecule has 0 saturated carbocycles. The third-order valence-corrected chi connectivity index (χ3v) is 3.44. The lowest BCUT2D eigenvalue weighted by Gasteiger charge is -2.07. The first-order chi connectivity index (χ1) is 11.0. The summed E-state index contributed by atoms with van der Waals surface area (Å²) in [6.45, 7) is -0.164. The van der Waals surface area contributed by atoms with Gasteiger partial charge in [0.15, 0.2) is 12.4 Å². The number of ether oxygens (including phenoxy) is 1. The van der Waals surface area contributed by atoms with Crippen molar-refractivity contribution in [1.82, 2.24) is 5.43 Å². The molecule has 0 atom stereocenters. The van der Waals surface area contributed by atoms with Crippen LogP contribution in [0.3, 0.4) is 0 Å². The number of nitrogens with one attached hydrogen (secondary N) is 1. The van der Waals surface area contributed by atoms with Gasteiger partial charge < -0.3 is 14.1 Å². The van der Waals surface area contributed by atoms with E-state index in [1.165, 1.54) is 6.21 Å². The van der Waals surface area contributed by atoms with Gasteiger partial charge in [-0.3, -0.25) is 4.79 Å². The van der Waals surface area contributed by atoms with Gasteiger partial charge in [0.05, 0.1) is 10.7 Å². The molecule has 1 heterocycles. The Hall–Kier alpha value is -1.99. The summed E-state index contributed by atoms with van der Waals surface area (Å²) >= 11 is 9.21. The van der Waals surface area contributed by atoms with Crippen molar-refractivity contribution in [3.8, 4) is 5.75 Å². The fourth-order valence-corrected chi connectivity index (χ4v) is 2.49. The predicted octanol–water partition coefficient (Wildman–Crippen LogP) is 3.29. The minimum Gasteiger partial charge on any atom is -0.484 e. The highest BCUT2D eigenvalue weighted by Crippen LogP contribution is 2.27. The molecule has 8 heteroatoms. The number of anilines is 1. The van der Waals surface area contributed by atoms with Crippen molar-refractivity contribution in [3.05, 3.63) is 45.6 Å². The number of rotatable bonds is 6. The molecule has 1 amide bonds. The SMILES string of the molecule is CN(C)c1oc(C=NNC(=O)COc2cccc(Cl)c2)cc1Br. The normalized spacial score (nSPS) is 10.8. The van der Waals surface area contributed by atoms with Crippen molar-refractivity contribution in [2.75, 3.05) is 25.6 Å². The molecule has 6 nitrogen and oxygen atoms in total. The van der Waals surface area contributed by atoms with Crippen molar-refractivity contribution >= 4 is 45.5 Å². The summed E-state index contributed by atoms with van der Waals surface area (Å²) in [5, 5.41) is 4.36. The molecular weight excluding hydrogens is 386 g/mol. The van der Waals surface area contributed by atoms with E-state index in [0.29, 0.717) is 22.4 Å².